The van der Waals surface area contributed by atoms with Crippen LogP contribution >= 0.6 is 11.8 Å². The number of anilines is 1. The summed E-state index contributed by atoms with van der Waals surface area (Å²) in [6, 6.07) is 4.69. The topological polar surface area (TPSA) is 38.0 Å². The lowest BCUT2D eigenvalue weighted by Gasteiger charge is -2.11. The first-order chi connectivity index (χ1) is 6.96. The molecule has 0 amide bonds. The minimum atomic E-state index is -4.27. The van der Waals surface area contributed by atoms with Gasteiger partial charge in [0, 0.05) is 10.6 Å². The van der Waals surface area contributed by atoms with Crippen molar-refractivity contribution in [2.75, 3.05) is 5.43 Å². The Hall–Kier alpha value is -0.880. The number of nitrogens with two attached hydrogens (primary N) is 1. The number of hydrazine groups is 1. The van der Waals surface area contributed by atoms with Crippen molar-refractivity contribution >= 4 is 17.4 Å². The Morgan fingerprint density at radius 1 is 1.40 bits per heavy atom. The highest BCUT2D eigenvalue weighted by molar-refractivity contribution is 8.00. The van der Waals surface area contributed by atoms with Gasteiger partial charge in [0.05, 0.1) is 0 Å². The van der Waals surface area contributed by atoms with Gasteiger partial charge in [-0.05, 0) is 35.9 Å². The maximum Gasteiger partial charge on any atom is 0.446 e. The van der Waals surface area contributed by atoms with Crippen LogP contribution in [-0.2, 0) is 6.42 Å². The molecule has 1 aromatic rings. The van der Waals surface area contributed by atoms with Crippen LogP contribution in [0.15, 0.2) is 23.1 Å². The quantitative estimate of drug-likeness (QED) is 0.481. The molecule has 1 rings (SSSR count). The molecule has 0 bridgehead atoms. The Morgan fingerprint density at radius 2 is 2.07 bits per heavy atom. The number of nitrogen functional groups attached to an aromatic ring is 1. The largest absolute Gasteiger partial charge is 0.446 e. The minimum absolute atomic E-state index is 0.114. The zero-order chi connectivity index (χ0) is 11.5. The molecule has 2 nitrogen and oxygen atoms in total. The van der Waals surface area contributed by atoms with Crippen molar-refractivity contribution in [1.82, 2.24) is 0 Å². The van der Waals surface area contributed by atoms with Crippen molar-refractivity contribution in [2.24, 2.45) is 5.84 Å². The Morgan fingerprint density at radius 3 is 2.53 bits per heavy atom. The molecule has 0 fully saturated rings. The summed E-state index contributed by atoms with van der Waals surface area (Å²) in [5, 5.41) is 0. The fourth-order valence-electron chi connectivity index (χ4n) is 1.16. The molecular weight excluding hydrogens is 225 g/mol. The summed E-state index contributed by atoms with van der Waals surface area (Å²) in [5.74, 6) is 5.13. The van der Waals surface area contributed by atoms with Crippen molar-refractivity contribution in [3.8, 4) is 0 Å². The molecule has 84 valence electrons. The van der Waals surface area contributed by atoms with Gasteiger partial charge in [-0.25, -0.2) is 0 Å². The van der Waals surface area contributed by atoms with E-state index >= 15 is 0 Å². The zero-order valence-corrected chi connectivity index (χ0v) is 8.88. The summed E-state index contributed by atoms with van der Waals surface area (Å²) >= 11 is -0.114. The van der Waals surface area contributed by atoms with Crippen molar-refractivity contribution in [3.05, 3.63) is 23.8 Å². The zero-order valence-electron chi connectivity index (χ0n) is 8.06. The first-order valence-corrected chi connectivity index (χ1v) is 5.13. The van der Waals surface area contributed by atoms with Crippen LogP contribution in [0.4, 0.5) is 18.9 Å². The van der Waals surface area contributed by atoms with E-state index in [1.165, 1.54) is 6.07 Å². The summed E-state index contributed by atoms with van der Waals surface area (Å²) in [6.45, 7) is 1.81. The van der Waals surface area contributed by atoms with Crippen LogP contribution in [0.25, 0.3) is 0 Å². The highest BCUT2D eigenvalue weighted by Crippen LogP contribution is 2.39. The first kappa shape index (κ1) is 12.2. The van der Waals surface area contributed by atoms with Crippen LogP contribution in [0, 0.1) is 0 Å². The highest BCUT2D eigenvalue weighted by Gasteiger charge is 2.30. The standard InChI is InChI=1S/C9H11F3N2S/c1-2-6-3-4-7(14-13)5-8(6)15-9(10,11)12/h3-5,14H,2,13H2,1H3. The molecule has 0 aliphatic heterocycles. The molecule has 1 aromatic carbocycles. The van der Waals surface area contributed by atoms with Gasteiger partial charge < -0.3 is 5.43 Å². The average Bonchev–Trinajstić information content (AvgIpc) is 2.15. The normalized spacial score (nSPS) is 11.5. The van der Waals surface area contributed by atoms with Crippen LogP contribution in [0.1, 0.15) is 12.5 Å². The number of rotatable bonds is 3. The fourth-order valence-corrected chi connectivity index (χ4v) is 1.93. The van der Waals surface area contributed by atoms with Gasteiger partial charge in [-0.1, -0.05) is 13.0 Å². The molecule has 0 aliphatic rings. The molecule has 0 saturated heterocycles. The Labute approximate surface area is 90.0 Å². The lowest BCUT2D eigenvalue weighted by molar-refractivity contribution is -0.0328. The number of hydrogen-bond donors (Lipinski definition) is 2. The molecule has 0 aromatic heterocycles. The van der Waals surface area contributed by atoms with Gasteiger partial charge in [-0.2, -0.15) is 13.2 Å². The van der Waals surface area contributed by atoms with Crippen LogP contribution in [0.5, 0.6) is 0 Å². The minimum Gasteiger partial charge on any atom is -0.324 e. The molecular formula is C9H11F3N2S. The molecule has 3 N–H and O–H groups in total. The molecule has 0 saturated carbocycles. The lowest BCUT2D eigenvalue weighted by atomic mass is 10.1. The second-order valence-corrected chi connectivity index (χ2v) is 3.98. The highest BCUT2D eigenvalue weighted by atomic mass is 32.2. The summed E-state index contributed by atoms with van der Waals surface area (Å²) in [4.78, 5) is 0.195. The average molecular weight is 236 g/mol. The van der Waals surface area contributed by atoms with Crippen molar-refractivity contribution < 1.29 is 13.2 Å². The number of aryl methyl sites for hydroxylation is 1. The molecule has 0 aliphatic carbocycles. The van der Waals surface area contributed by atoms with Crippen LogP contribution < -0.4 is 11.3 Å². The van der Waals surface area contributed by atoms with Crippen LogP contribution in [0.2, 0.25) is 0 Å². The Kier molecular flexibility index (Phi) is 3.87. The Balaban J connectivity index is 3.01. The summed E-state index contributed by atoms with van der Waals surface area (Å²) in [6.07, 6.45) is 0.559. The fraction of sp³-hybridized carbons (Fsp3) is 0.333. The van der Waals surface area contributed by atoms with Crippen molar-refractivity contribution in [2.45, 2.75) is 23.7 Å². The van der Waals surface area contributed by atoms with E-state index in [1.807, 2.05) is 6.92 Å². The first-order valence-electron chi connectivity index (χ1n) is 4.31. The molecule has 0 spiro atoms. The van der Waals surface area contributed by atoms with E-state index < -0.39 is 5.51 Å². The molecule has 0 heterocycles. The van der Waals surface area contributed by atoms with E-state index in [9.17, 15) is 13.2 Å². The van der Waals surface area contributed by atoms with E-state index in [4.69, 9.17) is 5.84 Å². The summed E-state index contributed by atoms with van der Waals surface area (Å²) in [7, 11) is 0. The van der Waals surface area contributed by atoms with Crippen LogP contribution in [-0.4, -0.2) is 5.51 Å². The van der Waals surface area contributed by atoms with Crippen LogP contribution in [0.3, 0.4) is 0 Å². The smallest absolute Gasteiger partial charge is 0.324 e. The second kappa shape index (κ2) is 4.76. The van der Waals surface area contributed by atoms with E-state index in [2.05, 4.69) is 5.43 Å². The predicted octanol–water partition coefficient (Wildman–Crippen LogP) is 3.15. The van der Waals surface area contributed by atoms with E-state index in [-0.39, 0.29) is 16.7 Å². The number of benzene rings is 1. The summed E-state index contributed by atoms with van der Waals surface area (Å²) in [5.41, 5.74) is -0.808. The van der Waals surface area contributed by atoms with Gasteiger partial charge in [-0.3, -0.25) is 5.84 Å². The van der Waals surface area contributed by atoms with Gasteiger partial charge in [0.15, 0.2) is 0 Å². The summed E-state index contributed by atoms with van der Waals surface area (Å²) < 4.78 is 36.6. The van der Waals surface area contributed by atoms with Crippen molar-refractivity contribution in [1.29, 1.82) is 0 Å². The number of halogens is 3. The Bertz CT molecular complexity index is 339. The van der Waals surface area contributed by atoms with E-state index in [1.54, 1.807) is 12.1 Å². The number of alkyl halides is 3. The van der Waals surface area contributed by atoms with Gasteiger partial charge in [0.2, 0.25) is 0 Å². The van der Waals surface area contributed by atoms with Crippen molar-refractivity contribution in [3.63, 3.8) is 0 Å². The number of thioether (sulfide) groups is 1. The maximum atomic E-state index is 12.2. The monoisotopic (exact) mass is 236 g/mol. The number of hydrogen-bond acceptors (Lipinski definition) is 3. The molecule has 0 unspecified atom stereocenters. The third-order valence-corrected chi connectivity index (χ3v) is 2.67. The molecule has 0 radical (unpaired) electrons. The third kappa shape index (κ3) is 3.64. The van der Waals surface area contributed by atoms with Gasteiger partial charge in [-0.15, -0.1) is 0 Å². The molecule has 6 heteroatoms. The van der Waals surface area contributed by atoms with E-state index in [0.29, 0.717) is 17.7 Å². The van der Waals surface area contributed by atoms with Gasteiger partial charge >= 0.3 is 5.51 Å². The second-order valence-electron chi connectivity index (χ2n) is 2.87. The number of nitrogens with one attached hydrogen (secondary N) is 1. The lowest BCUT2D eigenvalue weighted by Crippen LogP contribution is -2.07. The predicted molar refractivity (Wildman–Crippen MR) is 55.5 cm³/mol. The molecule has 0 atom stereocenters. The SMILES string of the molecule is CCc1ccc(NN)cc1SC(F)(F)F. The maximum absolute atomic E-state index is 12.2. The van der Waals surface area contributed by atoms with Gasteiger partial charge in [0.25, 0.3) is 0 Å². The van der Waals surface area contributed by atoms with Gasteiger partial charge in [0.1, 0.15) is 0 Å². The molecule has 15 heavy (non-hydrogen) atoms. The third-order valence-electron chi connectivity index (χ3n) is 1.84. The van der Waals surface area contributed by atoms with E-state index in [0.717, 1.165) is 0 Å².